The SMILES string of the molecule is CNS(=O)(=O)c1ccc(CNC(=O)CNc2cccc(C(F)(F)F)c2)cc1. The summed E-state index contributed by atoms with van der Waals surface area (Å²) in [4.78, 5) is 11.9. The third kappa shape index (κ3) is 5.97. The largest absolute Gasteiger partial charge is 0.416 e. The van der Waals surface area contributed by atoms with Crippen molar-refractivity contribution in [3.05, 3.63) is 59.7 Å². The van der Waals surface area contributed by atoms with Crippen molar-refractivity contribution in [1.82, 2.24) is 10.0 Å². The van der Waals surface area contributed by atoms with Crippen molar-refractivity contribution in [1.29, 1.82) is 0 Å². The van der Waals surface area contributed by atoms with E-state index in [1.807, 2.05) is 0 Å². The molecule has 0 atom stereocenters. The van der Waals surface area contributed by atoms with Gasteiger partial charge in [0.2, 0.25) is 15.9 Å². The van der Waals surface area contributed by atoms with Crippen LogP contribution >= 0.6 is 0 Å². The average molecular weight is 401 g/mol. The fourth-order valence-corrected chi connectivity index (χ4v) is 2.89. The zero-order valence-corrected chi connectivity index (χ0v) is 15.1. The van der Waals surface area contributed by atoms with Crippen molar-refractivity contribution >= 4 is 21.6 Å². The predicted molar refractivity (Wildman–Crippen MR) is 94.5 cm³/mol. The first-order chi connectivity index (χ1) is 12.6. The van der Waals surface area contributed by atoms with Gasteiger partial charge in [-0.3, -0.25) is 4.79 Å². The number of nitrogens with one attached hydrogen (secondary N) is 3. The number of hydrogen-bond donors (Lipinski definition) is 3. The maximum absolute atomic E-state index is 12.7. The molecule has 10 heteroatoms. The minimum absolute atomic E-state index is 0.103. The van der Waals surface area contributed by atoms with Crippen LogP contribution in [0.15, 0.2) is 53.4 Å². The number of sulfonamides is 1. The van der Waals surface area contributed by atoms with Crippen molar-refractivity contribution in [2.75, 3.05) is 18.9 Å². The molecule has 0 unspecified atom stereocenters. The van der Waals surface area contributed by atoms with Gasteiger partial charge in [-0.15, -0.1) is 0 Å². The number of anilines is 1. The Balaban J connectivity index is 1.86. The van der Waals surface area contributed by atoms with Gasteiger partial charge in [-0.2, -0.15) is 13.2 Å². The zero-order valence-electron chi connectivity index (χ0n) is 14.3. The van der Waals surface area contributed by atoms with E-state index >= 15 is 0 Å². The molecule has 6 nitrogen and oxygen atoms in total. The predicted octanol–water partition coefficient (Wildman–Crippen LogP) is 2.34. The Bertz CT molecular complexity index is 898. The topological polar surface area (TPSA) is 87.3 Å². The Hall–Kier alpha value is -2.59. The fourth-order valence-electron chi connectivity index (χ4n) is 2.16. The summed E-state index contributed by atoms with van der Waals surface area (Å²) in [6.45, 7) is -0.0451. The Labute approximate surface area is 154 Å². The second kappa shape index (κ2) is 8.40. The summed E-state index contributed by atoms with van der Waals surface area (Å²) < 4.78 is 63.4. The first kappa shape index (κ1) is 20.7. The molecular weight excluding hydrogens is 383 g/mol. The van der Waals surface area contributed by atoms with Crippen LogP contribution in [0.25, 0.3) is 0 Å². The molecule has 0 radical (unpaired) electrons. The normalized spacial score (nSPS) is 11.9. The van der Waals surface area contributed by atoms with E-state index in [4.69, 9.17) is 0 Å². The van der Waals surface area contributed by atoms with Gasteiger partial charge in [-0.1, -0.05) is 18.2 Å². The number of hydrogen-bond acceptors (Lipinski definition) is 4. The van der Waals surface area contributed by atoms with Crippen LogP contribution < -0.4 is 15.4 Å². The van der Waals surface area contributed by atoms with Crippen LogP contribution in [0.4, 0.5) is 18.9 Å². The summed E-state index contributed by atoms with van der Waals surface area (Å²) in [7, 11) is -2.22. The monoisotopic (exact) mass is 401 g/mol. The van der Waals surface area contributed by atoms with Crippen LogP contribution in [0, 0.1) is 0 Å². The lowest BCUT2D eigenvalue weighted by Crippen LogP contribution is -2.29. The Morgan fingerprint density at radius 1 is 1.07 bits per heavy atom. The van der Waals surface area contributed by atoms with E-state index < -0.39 is 27.7 Å². The average Bonchev–Trinajstić information content (AvgIpc) is 2.64. The minimum atomic E-state index is -4.45. The van der Waals surface area contributed by atoms with Crippen molar-refractivity contribution < 1.29 is 26.4 Å². The summed E-state index contributed by atoms with van der Waals surface area (Å²) in [5.74, 6) is -0.417. The van der Waals surface area contributed by atoms with E-state index in [-0.39, 0.29) is 23.7 Å². The third-order valence-electron chi connectivity index (χ3n) is 3.64. The molecule has 0 saturated carbocycles. The van der Waals surface area contributed by atoms with Crippen molar-refractivity contribution in [3.8, 4) is 0 Å². The second-order valence-electron chi connectivity index (χ2n) is 5.56. The quantitative estimate of drug-likeness (QED) is 0.665. The van der Waals surface area contributed by atoms with Crippen molar-refractivity contribution in [2.24, 2.45) is 0 Å². The number of amides is 1. The molecule has 0 fully saturated rings. The molecule has 0 heterocycles. The van der Waals surface area contributed by atoms with E-state index in [2.05, 4.69) is 15.4 Å². The summed E-state index contributed by atoms with van der Waals surface area (Å²) in [6.07, 6.45) is -4.45. The number of alkyl halides is 3. The molecule has 0 aromatic heterocycles. The number of benzene rings is 2. The molecule has 0 aliphatic heterocycles. The van der Waals surface area contributed by atoms with Crippen molar-refractivity contribution in [3.63, 3.8) is 0 Å². The lowest BCUT2D eigenvalue weighted by atomic mass is 10.2. The molecule has 2 aromatic carbocycles. The molecule has 2 rings (SSSR count). The highest BCUT2D eigenvalue weighted by Gasteiger charge is 2.30. The van der Waals surface area contributed by atoms with Gasteiger partial charge in [0, 0.05) is 12.2 Å². The summed E-state index contributed by atoms with van der Waals surface area (Å²) in [5.41, 5.74) is 0.0589. The molecule has 0 aliphatic rings. The number of rotatable bonds is 7. The smallest absolute Gasteiger partial charge is 0.376 e. The zero-order chi connectivity index (χ0) is 20.1. The maximum Gasteiger partial charge on any atom is 0.416 e. The van der Waals surface area contributed by atoms with Gasteiger partial charge in [0.1, 0.15) is 0 Å². The van der Waals surface area contributed by atoms with Gasteiger partial charge in [0.15, 0.2) is 0 Å². The number of carbonyl (C=O) groups excluding carboxylic acids is 1. The first-order valence-electron chi connectivity index (χ1n) is 7.82. The Morgan fingerprint density at radius 3 is 2.33 bits per heavy atom. The highest BCUT2D eigenvalue weighted by molar-refractivity contribution is 7.89. The lowest BCUT2D eigenvalue weighted by molar-refractivity contribution is -0.137. The highest BCUT2D eigenvalue weighted by Crippen LogP contribution is 2.30. The van der Waals surface area contributed by atoms with E-state index in [9.17, 15) is 26.4 Å². The van der Waals surface area contributed by atoms with Crippen LogP contribution in [0.1, 0.15) is 11.1 Å². The van der Waals surface area contributed by atoms with Crippen LogP contribution in [-0.2, 0) is 27.5 Å². The van der Waals surface area contributed by atoms with Gasteiger partial charge in [0.05, 0.1) is 17.0 Å². The molecule has 2 aromatic rings. The van der Waals surface area contributed by atoms with Gasteiger partial charge in [-0.05, 0) is 42.9 Å². The van der Waals surface area contributed by atoms with Gasteiger partial charge in [-0.25, -0.2) is 13.1 Å². The van der Waals surface area contributed by atoms with Crippen molar-refractivity contribution in [2.45, 2.75) is 17.6 Å². The molecule has 0 bridgehead atoms. The van der Waals surface area contributed by atoms with Gasteiger partial charge in [0.25, 0.3) is 0 Å². The van der Waals surface area contributed by atoms with E-state index in [1.54, 1.807) is 12.1 Å². The molecule has 146 valence electrons. The van der Waals surface area contributed by atoms with E-state index in [0.29, 0.717) is 5.56 Å². The molecule has 0 saturated heterocycles. The van der Waals surface area contributed by atoms with Crippen LogP contribution in [0.2, 0.25) is 0 Å². The molecular formula is C17H18F3N3O3S. The molecule has 0 aliphatic carbocycles. The molecule has 27 heavy (non-hydrogen) atoms. The fraction of sp³-hybridized carbons (Fsp3) is 0.235. The molecule has 1 amide bonds. The van der Waals surface area contributed by atoms with Crippen LogP contribution in [-0.4, -0.2) is 27.9 Å². The number of halogens is 3. The lowest BCUT2D eigenvalue weighted by Gasteiger charge is -2.11. The second-order valence-corrected chi connectivity index (χ2v) is 7.45. The standard InChI is InChI=1S/C17H18F3N3O3S/c1-21-27(25,26)15-7-5-12(6-8-15)10-23-16(24)11-22-14-4-2-3-13(9-14)17(18,19)20/h2-9,21-22H,10-11H2,1H3,(H,23,24). The highest BCUT2D eigenvalue weighted by atomic mass is 32.2. The molecule has 3 N–H and O–H groups in total. The first-order valence-corrected chi connectivity index (χ1v) is 9.30. The summed E-state index contributed by atoms with van der Waals surface area (Å²) >= 11 is 0. The Kier molecular flexibility index (Phi) is 6.45. The molecule has 0 spiro atoms. The number of carbonyl (C=O) groups is 1. The summed E-state index contributed by atoms with van der Waals surface area (Å²) in [5, 5.41) is 5.23. The van der Waals surface area contributed by atoms with Crippen LogP contribution in [0.3, 0.4) is 0 Å². The Morgan fingerprint density at radius 2 is 1.74 bits per heavy atom. The van der Waals surface area contributed by atoms with Gasteiger partial charge < -0.3 is 10.6 Å². The van der Waals surface area contributed by atoms with Crippen LogP contribution in [0.5, 0.6) is 0 Å². The van der Waals surface area contributed by atoms with E-state index in [1.165, 1.54) is 31.3 Å². The van der Waals surface area contributed by atoms with Gasteiger partial charge >= 0.3 is 6.18 Å². The maximum atomic E-state index is 12.7. The third-order valence-corrected chi connectivity index (χ3v) is 5.07. The minimum Gasteiger partial charge on any atom is -0.376 e. The summed E-state index contributed by atoms with van der Waals surface area (Å²) in [6, 6.07) is 10.5. The van der Waals surface area contributed by atoms with E-state index in [0.717, 1.165) is 12.1 Å².